The molecule has 2 N–H and O–H groups in total. The first kappa shape index (κ1) is 19.9. The molecule has 1 unspecified atom stereocenters. The number of hydrogen-bond donors (Lipinski definition) is 2. The lowest BCUT2D eigenvalue weighted by Gasteiger charge is -2.22. The van der Waals surface area contributed by atoms with E-state index in [0.29, 0.717) is 28.6 Å². The molecule has 0 saturated carbocycles. The second kappa shape index (κ2) is 9.31. The number of aliphatic hydroxyl groups excluding tert-OH is 1. The second-order valence-corrected chi connectivity index (χ2v) is 6.24. The van der Waals surface area contributed by atoms with E-state index in [4.69, 9.17) is 21.1 Å². The normalized spacial score (nSPS) is 11.6. The summed E-state index contributed by atoms with van der Waals surface area (Å²) in [7, 11) is 4.70. The highest BCUT2D eigenvalue weighted by molar-refractivity contribution is 6.30. The van der Waals surface area contributed by atoms with Crippen LogP contribution >= 0.6 is 11.6 Å². The van der Waals surface area contributed by atoms with Crippen LogP contribution in [-0.4, -0.2) is 43.8 Å². The summed E-state index contributed by atoms with van der Waals surface area (Å²) in [4.78, 5) is 13.6. The Morgan fingerprint density at radius 1 is 1.19 bits per heavy atom. The van der Waals surface area contributed by atoms with E-state index in [9.17, 15) is 9.90 Å². The number of ether oxygens (including phenoxy) is 2. The highest BCUT2D eigenvalue weighted by Gasteiger charge is 2.17. The van der Waals surface area contributed by atoms with Crippen molar-refractivity contribution in [2.45, 2.75) is 12.6 Å². The molecule has 2 amide bonds. The van der Waals surface area contributed by atoms with Crippen molar-refractivity contribution in [2.24, 2.45) is 0 Å². The van der Waals surface area contributed by atoms with Crippen LogP contribution in [0.2, 0.25) is 5.02 Å². The minimum atomic E-state index is -0.850. The van der Waals surface area contributed by atoms with Gasteiger partial charge in [0, 0.05) is 18.6 Å². The standard InChI is InChI=1S/C19H23ClN2O4/c1-22(19(24)21-11-13-5-4-6-15(20)9-13)12-16(23)14-7-8-17(25-2)18(10-14)26-3/h4-10,16,23H,11-12H2,1-3H3,(H,21,24). The van der Waals surface area contributed by atoms with Gasteiger partial charge in [0.05, 0.1) is 26.9 Å². The van der Waals surface area contributed by atoms with Gasteiger partial charge in [0.15, 0.2) is 11.5 Å². The molecule has 0 aliphatic heterocycles. The van der Waals surface area contributed by atoms with Crippen LogP contribution in [0, 0.1) is 0 Å². The molecule has 0 aliphatic rings. The number of nitrogens with one attached hydrogen (secondary N) is 1. The molecule has 0 aliphatic carbocycles. The third-order valence-electron chi connectivity index (χ3n) is 3.92. The summed E-state index contributed by atoms with van der Waals surface area (Å²) in [5, 5.41) is 13.8. The first-order valence-electron chi connectivity index (χ1n) is 8.08. The number of benzene rings is 2. The molecule has 26 heavy (non-hydrogen) atoms. The molecule has 0 aromatic heterocycles. The molecule has 7 heteroatoms. The summed E-state index contributed by atoms with van der Waals surface area (Å²) in [5.74, 6) is 1.10. The van der Waals surface area contributed by atoms with Gasteiger partial charge in [-0.15, -0.1) is 0 Å². The Hall–Kier alpha value is -2.44. The molecule has 140 valence electrons. The Bertz CT molecular complexity index is 754. The van der Waals surface area contributed by atoms with Crippen LogP contribution in [-0.2, 0) is 6.54 Å². The Morgan fingerprint density at radius 2 is 1.92 bits per heavy atom. The molecule has 0 spiro atoms. The SMILES string of the molecule is COc1ccc(C(O)CN(C)C(=O)NCc2cccc(Cl)c2)cc1OC. The smallest absolute Gasteiger partial charge is 0.317 e. The molecular weight excluding hydrogens is 356 g/mol. The maximum absolute atomic E-state index is 12.2. The molecule has 6 nitrogen and oxygen atoms in total. The zero-order chi connectivity index (χ0) is 19.1. The van der Waals surface area contributed by atoms with E-state index in [0.717, 1.165) is 5.56 Å². The molecule has 1 atom stereocenters. The first-order valence-corrected chi connectivity index (χ1v) is 8.45. The lowest BCUT2D eigenvalue weighted by atomic mass is 10.1. The fraction of sp³-hybridized carbons (Fsp3) is 0.316. The van der Waals surface area contributed by atoms with Crippen molar-refractivity contribution in [1.82, 2.24) is 10.2 Å². The Kier molecular flexibility index (Phi) is 7.12. The predicted octanol–water partition coefficient (Wildman–Crippen LogP) is 3.23. The molecule has 0 fully saturated rings. The summed E-state index contributed by atoms with van der Waals surface area (Å²) in [6, 6.07) is 12.1. The minimum Gasteiger partial charge on any atom is -0.493 e. The second-order valence-electron chi connectivity index (χ2n) is 5.80. The molecule has 0 saturated heterocycles. The molecule has 0 radical (unpaired) electrons. The number of nitrogens with zero attached hydrogens (tertiary/aromatic N) is 1. The van der Waals surface area contributed by atoms with Gasteiger partial charge in [-0.05, 0) is 35.4 Å². The Labute approximate surface area is 158 Å². The third kappa shape index (κ3) is 5.28. The van der Waals surface area contributed by atoms with Crippen LogP contribution in [0.1, 0.15) is 17.2 Å². The minimum absolute atomic E-state index is 0.136. The van der Waals surface area contributed by atoms with Gasteiger partial charge in [0.1, 0.15) is 0 Å². The molecule has 2 aromatic rings. The van der Waals surface area contributed by atoms with Crippen LogP contribution in [0.3, 0.4) is 0 Å². The fourth-order valence-corrected chi connectivity index (χ4v) is 2.68. The van der Waals surface area contributed by atoms with E-state index in [2.05, 4.69) is 5.32 Å². The van der Waals surface area contributed by atoms with Crippen molar-refractivity contribution in [3.05, 3.63) is 58.6 Å². The number of urea groups is 1. The highest BCUT2D eigenvalue weighted by atomic mass is 35.5. The maximum atomic E-state index is 12.2. The van der Waals surface area contributed by atoms with Crippen LogP contribution in [0.15, 0.2) is 42.5 Å². The number of carbonyl (C=O) groups is 1. The summed E-state index contributed by atoms with van der Waals surface area (Å²) in [5.41, 5.74) is 1.54. The molecular formula is C19H23ClN2O4. The third-order valence-corrected chi connectivity index (χ3v) is 4.15. The highest BCUT2D eigenvalue weighted by Crippen LogP contribution is 2.30. The Morgan fingerprint density at radius 3 is 2.58 bits per heavy atom. The van der Waals surface area contributed by atoms with Gasteiger partial charge < -0.3 is 24.8 Å². The van der Waals surface area contributed by atoms with Gasteiger partial charge in [-0.25, -0.2) is 4.79 Å². The van der Waals surface area contributed by atoms with Crippen molar-refractivity contribution in [2.75, 3.05) is 27.8 Å². The summed E-state index contributed by atoms with van der Waals surface area (Å²) in [6.07, 6.45) is -0.850. The van der Waals surface area contributed by atoms with E-state index < -0.39 is 6.10 Å². The van der Waals surface area contributed by atoms with Crippen molar-refractivity contribution >= 4 is 17.6 Å². The van der Waals surface area contributed by atoms with E-state index in [1.165, 1.54) is 12.0 Å². The number of likely N-dealkylation sites (N-methyl/N-ethyl adjacent to an activating group) is 1. The number of halogens is 1. The number of hydrogen-bond acceptors (Lipinski definition) is 4. The number of methoxy groups -OCH3 is 2. The monoisotopic (exact) mass is 378 g/mol. The topological polar surface area (TPSA) is 71.0 Å². The van der Waals surface area contributed by atoms with Gasteiger partial charge in [0.25, 0.3) is 0 Å². The van der Waals surface area contributed by atoms with Crippen molar-refractivity contribution < 1.29 is 19.4 Å². The quantitative estimate of drug-likeness (QED) is 0.776. The van der Waals surface area contributed by atoms with Crippen LogP contribution in [0.25, 0.3) is 0 Å². The molecule has 2 aromatic carbocycles. The lowest BCUT2D eigenvalue weighted by molar-refractivity contribution is 0.131. The average molecular weight is 379 g/mol. The maximum Gasteiger partial charge on any atom is 0.317 e. The van der Waals surface area contributed by atoms with Crippen molar-refractivity contribution in [3.8, 4) is 11.5 Å². The van der Waals surface area contributed by atoms with Crippen molar-refractivity contribution in [3.63, 3.8) is 0 Å². The fourth-order valence-electron chi connectivity index (χ4n) is 2.47. The molecule has 2 rings (SSSR count). The van der Waals surface area contributed by atoms with Crippen LogP contribution < -0.4 is 14.8 Å². The first-order chi connectivity index (χ1) is 12.4. The number of amides is 2. The van der Waals surface area contributed by atoms with E-state index in [1.807, 2.05) is 12.1 Å². The van der Waals surface area contributed by atoms with Gasteiger partial charge in [-0.3, -0.25) is 0 Å². The summed E-state index contributed by atoms with van der Waals surface area (Å²) < 4.78 is 10.4. The largest absolute Gasteiger partial charge is 0.493 e. The zero-order valence-corrected chi connectivity index (χ0v) is 15.8. The average Bonchev–Trinajstić information content (AvgIpc) is 2.65. The molecule has 0 bridgehead atoms. The zero-order valence-electron chi connectivity index (χ0n) is 15.0. The van der Waals surface area contributed by atoms with Gasteiger partial charge in [-0.2, -0.15) is 0 Å². The summed E-state index contributed by atoms with van der Waals surface area (Å²) in [6.45, 7) is 0.493. The van der Waals surface area contributed by atoms with Gasteiger partial charge >= 0.3 is 6.03 Å². The van der Waals surface area contributed by atoms with Crippen LogP contribution in [0.5, 0.6) is 11.5 Å². The van der Waals surface area contributed by atoms with E-state index >= 15 is 0 Å². The number of carbonyl (C=O) groups excluding carboxylic acids is 1. The van der Waals surface area contributed by atoms with E-state index in [-0.39, 0.29) is 12.6 Å². The molecule has 0 heterocycles. The van der Waals surface area contributed by atoms with Crippen LogP contribution in [0.4, 0.5) is 4.79 Å². The van der Waals surface area contributed by atoms with Gasteiger partial charge in [0.2, 0.25) is 0 Å². The lowest BCUT2D eigenvalue weighted by Crippen LogP contribution is -2.39. The van der Waals surface area contributed by atoms with Crippen molar-refractivity contribution in [1.29, 1.82) is 0 Å². The van der Waals surface area contributed by atoms with E-state index in [1.54, 1.807) is 44.5 Å². The number of rotatable bonds is 7. The van der Waals surface area contributed by atoms with Gasteiger partial charge in [-0.1, -0.05) is 29.8 Å². The number of aliphatic hydroxyl groups is 1. The summed E-state index contributed by atoms with van der Waals surface area (Å²) >= 11 is 5.93. The Balaban J connectivity index is 1.93. The predicted molar refractivity (Wildman–Crippen MR) is 101 cm³/mol.